The molecule has 0 saturated heterocycles. The van der Waals surface area contributed by atoms with Gasteiger partial charge in [0.1, 0.15) is 0 Å². The molecular weight excluding hydrogens is 302 g/mol. The van der Waals surface area contributed by atoms with Crippen LogP contribution in [0.15, 0.2) is 29.7 Å². The number of pyridine rings is 1. The minimum Gasteiger partial charge on any atom is -0.383 e. The van der Waals surface area contributed by atoms with Crippen molar-refractivity contribution < 1.29 is 9.53 Å². The molecule has 0 aromatic carbocycles. The third-order valence-electron chi connectivity index (χ3n) is 3.03. The lowest BCUT2D eigenvalue weighted by molar-refractivity contribution is -0.120. The molecule has 0 spiro atoms. The fraction of sp³-hybridized carbons (Fsp3) is 0.429. The van der Waals surface area contributed by atoms with Crippen molar-refractivity contribution in [1.29, 1.82) is 0 Å². The van der Waals surface area contributed by atoms with Crippen LogP contribution in [0.3, 0.4) is 0 Å². The third kappa shape index (κ3) is 4.05. The number of hydrogen-bond acceptors (Lipinski definition) is 6. The fourth-order valence-electron chi connectivity index (χ4n) is 1.80. The van der Waals surface area contributed by atoms with Crippen LogP contribution in [0.5, 0.6) is 0 Å². The highest BCUT2D eigenvalue weighted by Gasteiger charge is 2.18. The van der Waals surface area contributed by atoms with E-state index in [2.05, 4.69) is 20.5 Å². The Balaban J connectivity index is 2.02. The predicted molar refractivity (Wildman–Crippen MR) is 84.4 cm³/mol. The second-order valence-electron chi connectivity index (χ2n) is 4.64. The Morgan fingerprint density at radius 2 is 2.14 bits per heavy atom. The van der Waals surface area contributed by atoms with Crippen molar-refractivity contribution in [2.24, 2.45) is 7.05 Å². The molecule has 8 heteroatoms. The molecule has 0 unspecified atom stereocenters. The zero-order chi connectivity index (χ0) is 15.9. The van der Waals surface area contributed by atoms with Crippen molar-refractivity contribution in [3.63, 3.8) is 0 Å². The van der Waals surface area contributed by atoms with Gasteiger partial charge in [0.05, 0.1) is 11.9 Å². The summed E-state index contributed by atoms with van der Waals surface area (Å²) in [5, 5.41) is 11.6. The highest BCUT2D eigenvalue weighted by molar-refractivity contribution is 8.00. The van der Waals surface area contributed by atoms with E-state index in [9.17, 15) is 4.79 Å². The summed E-state index contributed by atoms with van der Waals surface area (Å²) in [6.07, 6.45) is 3.42. The molecule has 22 heavy (non-hydrogen) atoms. The van der Waals surface area contributed by atoms with Crippen LogP contribution >= 0.6 is 11.8 Å². The van der Waals surface area contributed by atoms with Crippen LogP contribution in [0.2, 0.25) is 0 Å². The average Bonchev–Trinajstić information content (AvgIpc) is 2.89. The molecule has 0 fully saturated rings. The van der Waals surface area contributed by atoms with E-state index < -0.39 is 0 Å². The van der Waals surface area contributed by atoms with E-state index in [4.69, 9.17) is 4.74 Å². The molecule has 0 radical (unpaired) electrons. The topological polar surface area (TPSA) is 81.9 Å². The van der Waals surface area contributed by atoms with Gasteiger partial charge in [-0.2, -0.15) is 0 Å². The summed E-state index contributed by atoms with van der Waals surface area (Å²) in [5.41, 5.74) is 0.939. The van der Waals surface area contributed by atoms with Crippen LogP contribution in [-0.2, 0) is 16.6 Å². The number of ether oxygens (including phenoxy) is 1. The van der Waals surface area contributed by atoms with Crippen LogP contribution in [0.25, 0.3) is 11.4 Å². The highest BCUT2D eigenvalue weighted by Crippen LogP contribution is 2.25. The van der Waals surface area contributed by atoms with E-state index in [1.165, 1.54) is 11.8 Å². The molecule has 1 N–H and O–H groups in total. The number of methoxy groups -OCH3 is 1. The maximum absolute atomic E-state index is 12.0. The number of amides is 1. The monoisotopic (exact) mass is 321 g/mol. The Morgan fingerprint density at radius 3 is 2.82 bits per heavy atom. The molecule has 2 rings (SSSR count). The molecular formula is C14H19N5O2S. The fourth-order valence-corrected chi connectivity index (χ4v) is 2.64. The summed E-state index contributed by atoms with van der Waals surface area (Å²) in [6.45, 7) is 2.84. The zero-order valence-corrected chi connectivity index (χ0v) is 13.6. The summed E-state index contributed by atoms with van der Waals surface area (Å²) >= 11 is 1.37. The van der Waals surface area contributed by atoms with Crippen molar-refractivity contribution in [2.45, 2.75) is 17.3 Å². The van der Waals surface area contributed by atoms with Gasteiger partial charge in [0.2, 0.25) is 5.91 Å². The molecule has 0 aliphatic heterocycles. The van der Waals surface area contributed by atoms with E-state index in [1.807, 2.05) is 30.7 Å². The normalized spacial score (nSPS) is 12.1. The van der Waals surface area contributed by atoms with Crippen LogP contribution in [0.4, 0.5) is 0 Å². The maximum Gasteiger partial charge on any atom is 0.233 e. The number of thioether (sulfide) groups is 1. The van der Waals surface area contributed by atoms with Crippen LogP contribution in [0.1, 0.15) is 6.92 Å². The molecule has 1 atom stereocenters. The van der Waals surface area contributed by atoms with Gasteiger partial charge in [-0.3, -0.25) is 9.78 Å². The van der Waals surface area contributed by atoms with Gasteiger partial charge in [-0.05, 0) is 19.1 Å². The van der Waals surface area contributed by atoms with Crippen LogP contribution in [0, 0.1) is 0 Å². The summed E-state index contributed by atoms with van der Waals surface area (Å²) in [7, 11) is 3.48. The molecule has 7 nitrogen and oxygen atoms in total. The number of hydrogen-bond donors (Lipinski definition) is 1. The Kier molecular flexibility index (Phi) is 5.91. The van der Waals surface area contributed by atoms with Gasteiger partial charge in [-0.1, -0.05) is 11.8 Å². The lowest BCUT2D eigenvalue weighted by Crippen LogP contribution is -2.33. The second-order valence-corrected chi connectivity index (χ2v) is 5.95. The Morgan fingerprint density at radius 1 is 1.41 bits per heavy atom. The Hall–Kier alpha value is -1.93. The molecule has 2 heterocycles. The SMILES string of the molecule is COCCNC(=O)[C@@H](C)Sc1nnc(-c2ccncc2)n1C. The second kappa shape index (κ2) is 7.90. The van der Waals surface area contributed by atoms with Crippen LogP contribution in [-0.4, -0.2) is 51.2 Å². The molecule has 0 bridgehead atoms. The predicted octanol–water partition coefficient (Wildman–Crippen LogP) is 1.12. The van der Waals surface area contributed by atoms with E-state index >= 15 is 0 Å². The zero-order valence-electron chi connectivity index (χ0n) is 12.8. The Labute approximate surface area is 133 Å². The number of carbonyl (C=O) groups is 1. The summed E-state index contributed by atoms with van der Waals surface area (Å²) in [6, 6.07) is 3.75. The first kappa shape index (κ1) is 16.4. The van der Waals surface area contributed by atoms with Gasteiger partial charge in [0, 0.05) is 38.7 Å². The van der Waals surface area contributed by atoms with Crippen molar-refractivity contribution >= 4 is 17.7 Å². The maximum atomic E-state index is 12.0. The standard InChI is InChI=1S/C14H19N5O2S/c1-10(13(20)16-8-9-21-3)22-14-18-17-12(19(14)2)11-4-6-15-7-5-11/h4-7,10H,8-9H2,1-3H3,(H,16,20)/t10-/m1/s1. The lowest BCUT2D eigenvalue weighted by atomic mass is 10.2. The molecule has 1 amide bonds. The molecule has 2 aromatic heterocycles. The highest BCUT2D eigenvalue weighted by atomic mass is 32.2. The van der Waals surface area contributed by atoms with Crippen LogP contribution < -0.4 is 5.32 Å². The van der Waals surface area contributed by atoms with Gasteiger partial charge >= 0.3 is 0 Å². The molecule has 0 aliphatic carbocycles. The van der Waals surface area contributed by atoms with Gasteiger partial charge in [0.25, 0.3) is 0 Å². The Bertz CT molecular complexity index is 617. The van der Waals surface area contributed by atoms with E-state index in [1.54, 1.807) is 19.5 Å². The minimum absolute atomic E-state index is 0.0458. The minimum atomic E-state index is -0.259. The summed E-state index contributed by atoms with van der Waals surface area (Å²) < 4.78 is 6.78. The number of nitrogens with zero attached hydrogens (tertiary/aromatic N) is 4. The van der Waals surface area contributed by atoms with Crippen molar-refractivity contribution in [2.75, 3.05) is 20.3 Å². The smallest absolute Gasteiger partial charge is 0.233 e. The first-order chi connectivity index (χ1) is 10.6. The molecule has 118 valence electrons. The molecule has 0 aliphatic rings. The first-order valence-electron chi connectivity index (χ1n) is 6.86. The number of carbonyl (C=O) groups excluding carboxylic acids is 1. The first-order valence-corrected chi connectivity index (χ1v) is 7.74. The number of rotatable bonds is 7. The quantitative estimate of drug-likeness (QED) is 0.608. The molecule has 2 aromatic rings. The van der Waals surface area contributed by atoms with E-state index in [-0.39, 0.29) is 11.2 Å². The van der Waals surface area contributed by atoms with E-state index in [0.717, 1.165) is 11.4 Å². The van der Waals surface area contributed by atoms with Gasteiger partial charge in [-0.15, -0.1) is 10.2 Å². The lowest BCUT2D eigenvalue weighted by Gasteiger charge is -2.11. The van der Waals surface area contributed by atoms with E-state index in [0.29, 0.717) is 18.3 Å². The van der Waals surface area contributed by atoms with Crippen molar-refractivity contribution in [3.8, 4) is 11.4 Å². The largest absolute Gasteiger partial charge is 0.383 e. The van der Waals surface area contributed by atoms with Gasteiger partial charge in [0.15, 0.2) is 11.0 Å². The number of nitrogens with one attached hydrogen (secondary N) is 1. The van der Waals surface area contributed by atoms with Crippen molar-refractivity contribution in [1.82, 2.24) is 25.1 Å². The third-order valence-corrected chi connectivity index (χ3v) is 4.16. The summed E-state index contributed by atoms with van der Waals surface area (Å²) in [5.74, 6) is 0.701. The van der Waals surface area contributed by atoms with Crippen molar-refractivity contribution in [3.05, 3.63) is 24.5 Å². The van der Waals surface area contributed by atoms with Gasteiger partial charge < -0.3 is 14.6 Å². The number of aromatic nitrogens is 4. The molecule has 0 saturated carbocycles. The van der Waals surface area contributed by atoms with Gasteiger partial charge in [-0.25, -0.2) is 0 Å². The average molecular weight is 321 g/mol. The summed E-state index contributed by atoms with van der Waals surface area (Å²) in [4.78, 5) is 15.9.